The molecule has 0 radical (unpaired) electrons. The fourth-order valence-electron chi connectivity index (χ4n) is 2.90. The Hall–Kier alpha value is -3.50. The zero-order valence-corrected chi connectivity index (χ0v) is 20.5. The maximum Gasteiger partial charge on any atom is 0.269 e. The first-order valence-corrected chi connectivity index (χ1v) is 12.7. The van der Waals surface area contributed by atoms with E-state index in [1.807, 2.05) is 31.2 Å². The molecule has 0 aliphatic rings. The Bertz CT molecular complexity index is 1280. The highest BCUT2D eigenvalue weighted by atomic mass is 32.2. The number of ether oxygens (including phenoxy) is 1. The van der Waals surface area contributed by atoms with Crippen LogP contribution in [0.4, 0.5) is 5.69 Å². The summed E-state index contributed by atoms with van der Waals surface area (Å²) in [6.07, 6.45) is 0. The molecule has 8 nitrogen and oxygen atoms in total. The van der Waals surface area contributed by atoms with Crippen LogP contribution in [0.1, 0.15) is 22.8 Å². The van der Waals surface area contributed by atoms with Crippen LogP contribution in [0, 0.1) is 6.92 Å². The molecule has 0 heterocycles. The van der Waals surface area contributed by atoms with E-state index in [0.717, 1.165) is 10.5 Å². The minimum absolute atomic E-state index is 0.0713. The van der Waals surface area contributed by atoms with E-state index in [4.69, 9.17) is 4.74 Å². The van der Waals surface area contributed by atoms with Gasteiger partial charge in [0.25, 0.3) is 21.8 Å². The van der Waals surface area contributed by atoms with Gasteiger partial charge >= 0.3 is 0 Å². The van der Waals surface area contributed by atoms with Crippen molar-refractivity contribution in [2.75, 3.05) is 11.8 Å². The zero-order chi connectivity index (χ0) is 24.7. The Balaban J connectivity index is 1.63. The van der Waals surface area contributed by atoms with Crippen LogP contribution in [0.25, 0.3) is 0 Å². The smallest absolute Gasteiger partial charge is 0.269 e. The Morgan fingerprint density at radius 2 is 1.65 bits per heavy atom. The van der Waals surface area contributed by atoms with Crippen LogP contribution < -0.4 is 20.3 Å². The number of amides is 2. The van der Waals surface area contributed by atoms with Gasteiger partial charge in [-0.1, -0.05) is 35.9 Å². The highest BCUT2D eigenvalue weighted by Gasteiger charge is 2.19. The molecule has 178 valence electrons. The highest BCUT2D eigenvalue weighted by molar-refractivity contribution is 8.00. The van der Waals surface area contributed by atoms with Crippen LogP contribution >= 0.6 is 11.8 Å². The standard InChI is InChI=1S/C24H25N3O5S2/c1-16-11-13-19(14-12-16)33-17(2)23(28)25-26-24(29)18-7-6-8-20(15-18)34(30,31)27-21-9-4-5-10-22(21)32-3/h4-15,17,27H,1-3H3,(H,25,28)(H,26,29). The Labute approximate surface area is 203 Å². The summed E-state index contributed by atoms with van der Waals surface area (Å²) in [6, 6.07) is 19.8. The Morgan fingerprint density at radius 1 is 0.941 bits per heavy atom. The summed E-state index contributed by atoms with van der Waals surface area (Å²) < 4.78 is 33.3. The molecule has 0 aromatic heterocycles. The van der Waals surface area contributed by atoms with Gasteiger partial charge in [-0.15, -0.1) is 11.8 Å². The van der Waals surface area contributed by atoms with Gasteiger partial charge in [-0.3, -0.25) is 25.2 Å². The first-order valence-electron chi connectivity index (χ1n) is 10.3. The average Bonchev–Trinajstić information content (AvgIpc) is 2.83. The van der Waals surface area contributed by atoms with Gasteiger partial charge in [-0.2, -0.15) is 0 Å². The van der Waals surface area contributed by atoms with E-state index in [-0.39, 0.29) is 22.1 Å². The van der Waals surface area contributed by atoms with E-state index in [1.54, 1.807) is 31.2 Å². The third kappa shape index (κ3) is 6.52. The van der Waals surface area contributed by atoms with Crippen molar-refractivity contribution >= 4 is 39.3 Å². The summed E-state index contributed by atoms with van der Waals surface area (Å²) in [5.41, 5.74) is 6.18. The average molecular weight is 500 g/mol. The molecule has 0 saturated carbocycles. The van der Waals surface area contributed by atoms with Gasteiger partial charge in [0.2, 0.25) is 0 Å². The van der Waals surface area contributed by atoms with Gasteiger partial charge in [-0.05, 0) is 56.3 Å². The van der Waals surface area contributed by atoms with Gasteiger partial charge in [-0.25, -0.2) is 8.42 Å². The summed E-state index contributed by atoms with van der Waals surface area (Å²) in [4.78, 5) is 25.7. The Kier molecular flexibility index (Phi) is 8.19. The topological polar surface area (TPSA) is 114 Å². The fraction of sp³-hybridized carbons (Fsp3) is 0.167. The molecule has 3 aromatic rings. The second-order valence-corrected chi connectivity index (χ2v) is 10.4. The lowest BCUT2D eigenvalue weighted by molar-refractivity contribution is -0.121. The number of benzene rings is 3. The number of thioether (sulfide) groups is 1. The van der Waals surface area contributed by atoms with E-state index in [9.17, 15) is 18.0 Å². The molecule has 3 rings (SSSR count). The van der Waals surface area contributed by atoms with E-state index < -0.39 is 21.2 Å². The summed E-state index contributed by atoms with van der Waals surface area (Å²) in [5, 5.41) is -0.459. The number of rotatable bonds is 8. The number of hydrazine groups is 1. The van der Waals surface area contributed by atoms with Crippen molar-refractivity contribution in [3.63, 3.8) is 0 Å². The van der Waals surface area contributed by atoms with E-state index in [2.05, 4.69) is 15.6 Å². The van der Waals surface area contributed by atoms with E-state index >= 15 is 0 Å². The molecular formula is C24H25N3O5S2. The second kappa shape index (κ2) is 11.1. The Morgan fingerprint density at radius 3 is 2.35 bits per heavy atom. The van der Waals surface area contributed by atoms with Gasteiger partial charge < -0.3 is 4.74 Å². The maximum atomic E-state index is 12.8. The number of sulfonamides is 1. The van der Waals surface area contributed by atoms with Gasteiger partial charge in [0.05, 0.1) is 22.9 Å². The quantitative estimate of drug-likeness (QED) is 0.321. The second-order valence-electron chi connectivity index (χ2n) is 7.35. The molecule has 1 atom stereocenters. The van der Waals surface area contributed by atoms with Crippen molar-refractivity contribution in [2.24, 2.45) is 0 Å². The minimum Gasteiger partial charge on any atom is -0.495 e. The zero-order valence-electron chi connectivity index (χ0n) is 18.9. The number of methoxy groups -OCH3 is 1. The van der Waals surface area contributed by atoms with E-state index in [0.29, 0.717) is 5.75 Å². The number of carbonyl (C=O) groups is 2. The van der Waals surface area contributed by atoms with Gasteiger partial charge in [0, 0.05) is 10.5 Å². The molecule has 10 heteroatoms. The van der Waals surface area contributed by atoms with Crippen molar-refractivity contribution in [2.45, 2.75) is 28.9 Å². The molecule has 0 bridgehead atoms. The molecule has 0 saturated heterocycles. The number of carbonyl (C=O) groups excluding carboxylic acids is 2. The molecule has 0 aliphatic carbocycles. The predicted octanol–water partition coefficient (Wildman–Crippen LogP) is 3.75. The molecule has 1 unspecified atom stereocenters. The maximum absolute atomic E-state index is 12.8. The number of para-hydroxylation sites is 2. The van der Waals surface area contributed by atoms with Crippen LogP contribution in [0.5, 0.6) is 5.75 Å². The van der Waals surface area contributed by atoms with Crippen molar-refractivity contribution in [1.82, 2.24) is 10.9 Å². The van der Waals surface area contributed by atoms with Gasteiger partial charge in [0.1, 0.15) is 5.75 Å². The normalized spacial score (nSPS) is 11.9. The summed E-state index contributed by atoms with van der Waals surface area (Å²) >= 11 is 1.36. The highest BCUT2D eigenvalue weighted by Crippen LogP contribution is 2.26. The number of anilines is 1. The first-order chi connectivity index (χ1) is 16.2. The molecule has 2 amide bonds. The third-order valence-corrected chi connectivity index (χ3v) is 7.24. The molecule has 0 fully saturated rings. The molecule has 0 aliphatic heterocycles. The lowest BCUT2D eigenvalue weighted by Gasteiger charge is -2.14. The molecule has 34 heavy (non-hydrogen) atoms. The number of nitrogens with one attached hydrogen (secondary N) is 3. The fourth-order valence-corrected chi connectivity index (χ4v) is 4.89. The van der Waals surface area contributed by atoms with Gasteiger partial charge in [0.15, 0.2) is 0 Å². The van der Waals surface area contributed by atoms with Crippen LogP contribution in [0.2, 0.25) is 0 Å². The number of hydrogen-bond donors (Lipinski definition) is 3. The SMILES string of the molecule is COc1ccccc1NS(=O)(=O)c1cccc(C(=O)NNC(=O)C(C)Sc2ccc(C)cc2)c1. The lowest BCUT2D eigenvalue weighted by Crippen LogP contribution is -2.44. The van der Waals surface area contributed by atoms with Crippen molar-refractivity contribution in [1.29, 1.82) is 0 Å². The molecule has 3 N–H and O–H groups in total. The van der Waals surface area contributed by atoms with E-state index in [1.165, 1.54) is 43.1 Å². The molecular weight excluding hydrogens is 474 g/mol. The number of hydrogen-bond acceptors (Lipinski definition) is 6. The van der Waals surface area contributed by atoms with Crippen LogP contribution in [-0.4, -0.2) is 32.6 Å². The minimum atomic E-state index is -3.99. The summed E-state index contributed by atoms with van der Waals surface area (Å²) in [6.45, 7) is 3.71. The summed E-state index contributed by atoms with van der Waals surface area (Å²) in [7, 11) is -2.55. The largest absolute Gasteiger partial charge is 0.495 e. The van der Waals surface area contributed by atoms with Crippen molar-refractivity contribution in [3.8, 4) is 5.75 Å². The molecule has 3 aromatic carbocycles. The van der Waals surface area contributed by atoms with Crippen LogP contribution in [0.15, 0.2) is 82.6 Å². The predicted molar refractivity (Wildman–Crippen MR) is 132 cm³/mol. The van der Waals surface area contributed by atoms with Crippen LogP contribution in [-0.2, 0) is 14.8 Å². The summed E-state index contributed by atoms with van der Waals surface area (Å²) in [5.74, 6) is -0.670. The van der Waals surface area contributed by atoms with Crippen molar-refractivity contribution in [3.05, 3.63) is 83.9 Å². The monoisotopic (exact) mass is 499 g/mol. The first kappa shape index (κ1) is 25.1. The van der Waals surface area contributed by atoms with Crippen LogP contribution in [0.3, 0.4) is 0 Å². The van der Waals surface area contributed by atoms with Crippen molar-refractivity contribution < 1.29 is 22.7 Å². The lowest BCUT2D eigenvalue weighted by atomic mass is 10.2. The molecule has 0 spiro atoms. The third-order valence-electron chi connectivity index (χ3n) is 4.76. The number of aryl methyl sites for hydroxylation is 1.